The number of benzene rings is 1. The molecular formula is C10H11BrN2O3. The predicted octanol–water partition coefficient (Wildman–Crippen LogP) is 2.33. The Balaban J connectivity index is 2.83. The normalized spacial score (nSPS) is 11.1. The first-order valence-electron chi connectivity index (χ1n) is 4.41. The average Bonchev–Trinajstić information content (AvgIpc) is 2.27. The van der Waals surface area contributed by atoms with Gasteiger partial charge in [0, 0.05) is 6.07 Å². The van der Waals surface area contributed by atoms with Crippen molar-refractivity contribution in [3.63, 3.8) is 0 Å². The van der Waals surface area contributed by atoms with Crippen LogP contribution < -0.4 is 10.2 Å². The fourth-order valence-electron chi connectivity index (χ4n) is 0.926. The monoisotopic (exact) mass is 286 g/mol. The van der Waals surface area contributed by atoms with Crippen molar-refractivity contribution in [3.05, 3.63) is 22.7 Å². The standard InChI is InChI=1S/C10H11BrN2O3/c1-6(10(14)15)12-13-7-3-4-8(11)9(5-7)16-2/h3-5,13H,1-2H3,(H,14,15)/b12-6+. The number of methoxy groups -OCH3 is 1. The van der Waals surface area contributed by atoms with Crippen LogP contribution in [0.2, 0.25) is 0 Å². The second-order valence-corrected chi connectivity index (χ2v) is 3.82. The Morgan fingerprint density at radius 2 is 2.25 bits per heavy atom. The molecule has 0 aliphatic rings. The summed E-state index contributed by atoms with van der Waals surface area (Å²) in [6.45, 7) is 1.41. The highest BCUT2D eigenvalue weighted by molar-refractivity contribution is 9.10. The molecule has 0 spiro atoms. The van der Waals surface area contributed by atoms with Crippen molar-refractivity contribution in [3.8, 4) is 5.75 Å². The van der Waals surface area contributed by atoms with Crippen LogP contribution in [0.15, 0.2) is 27.8 Å². The Bertz CT molecular complexity index is 432. The van der Waals surface area contributed by atoms with Gasteiger partial charge in [-0.2, -0.15) is 5.10 Å². The number of aliphatic carboxylic acids is 1. The lowest BCUT2D eigenvalue weighted by atomic mass is 10.3. The van der Waals surface area contributed by atoms with Crippen LogP contribution in [-0.4, -0.2) is 23.9 Å². The second kappa shape index (κ2) is 5.50. The van der Waals surface area contributed by atoms with Crippen molar-refractivity contribution in [2.45, 2.75) is 6.92 Å². The van der Waals surface area contributed by atoms with E-state index >= 15 is 0 Å². The molecule has 5 nitrogen and oxygen atoms in total. The highest BCUT2D eigenvalue weighted by Gasteiger charge is 2.03. The fraction of sp³-hybridized carbons (Fsp3) is 0.200. The number of rotatable bonds is 4. The molecule has 0 saturated heterocycles. The highest BCUT2D eigenvalue weighted by atomic mass is 79.9. The van der Waals surface area contributed by atoms with E-state index in [4.69, 9.17) is 9.84 Å². The number of nitrogens with one attached hydrogen (secondary N) is 1. The van der Waals surface area contributed by atoms with Crippen LogP contribution in [0.4, 0.5) is 5.69 Å². The summed E-state index contributed by atoms with van der Waals surface area (Å²) in [5.41, 5.74) is 3.28. The van der Waals surface area contributed by atoms with Gasteiger partial charge in [0.2, 0.25) is 0 Å². The van der Waals surface area contributed by atoms with Crippen molar-refractivity contribution in [2.24, 2.45) is 5.10 Å². The van der Waals surface area contributed by atoms with E-state index in [9.17, 15) is 4.79 Å². The number of carbonyl (C=O) groups is 1. The third-order valence-electron chi connectivity index (χ3n) is 1.81. The molecule has 0 heterocycles. The Hall–Kier alpha value is -1.56. The van der Waals surface area contributed by atoms with E-state index < -0.39 is 5.97 Å². The van der Waals surface area contributed by atoms with Crippen LogP contribution in [-0.2, 0) is 4.79 Å². The van der Waals surface area contributed by atoms with Gasteiger partial charge in [0.1, 0.15) is 11.5 Å². The lowest BCUT2D eigenvalue weighted by Crippen LogP contribution is -2.10. The lowest BCUT2D eigenvalue weighted by Gasteiger charge is -2.06. The van der Waals surface area contributed by atoms with E-state index in [0.717, 1.165) is 4.47 Å². The fourth-order valence-corrected chi connectivity index (χ4v) is 1.33. The Kier molecular flexibility index (Phi) is 4.30. The van der Waals surface area contributed by atoms with Crippen LogP contribution in [0.5, 0.6) is 5.75 Å². The van der Waals surface area contributed by atoms with Gasteiger partial charge < -0.3 is 9.84 Å². The molecule has 0 fully saturated rings. The zero-order chi connectivity index (χ0) is 12.1. The van der Waals surface area contributed by atoms with E-state index in [1.54, 1.807) is 25.3 Å². The smallest absolute Gasteiger partial charge is 0.351 e. The van der Waals surface area contributed by atoms with Crippen molar-refractivity contribution in [1.29, 1.82) is 0 Å². The van der Waals surface area contributed by atoms with Gasteiger partial charge in [-0.25, -0.2) is 4.79 Å². The minimum absolute atomic E-state index is 0.0121. The average molecular weight is 287 g/mol. The summed E-state index contributed by atoms with van der Waals surface area (Å²) in [4.78, 5) is 10.5. The molecule has 0 unspecified atom stereocenters. The van der Waals surface area contributed by atoms with Crippen molar-refractivity contribution in [1.82, 2.24) is 0 Å². The van der Waals surface area contributed by atoms with Crippen LogP contribution in [0.1, 0.15) is 6.92 Å². The molecule has 0 bridgehead atoms. The zero-order valence-electron chi connectivity index (χ0n) is 8.82. The van der Waals surface area contributed by atoms with Crippen molar-refractivity contribution >= 4 is 33.3 Å². The molecule has 6 heteroatoms. The van der Waals surface area contributed by atoms with Gasteiger partial charge in [-0.15, -0.1) is 0 Å². The van der Waals surface area contributed by atoms with Crippen molar-refractivity contribution in [2.75, 3.05) is 12.5 Å². The molecule has 1 aromatic rings. The minimum Gasteiger partial charge on any atom is -0.495 e. The number of carboxylic acids is 1. The van der Waals surface area contributed by atoms with Gasteiger partial charge >= 0.3 is 5.97 Å². The summed E-state index contributed by atoms with van der Waals surface area (Å²) in [6, 6.07) is 5.25. The number of ether oxygens (including phenoxy) is 1. The number of halogens is 1. The molecule has 0 aliphatic carbocycles. The molecule has 1 rings (SSSR count). The Morgan fingerprint density at radius 3 is 2.81 bits per heavy atom. The van der Waals surface area contributed by atoms with Gasteiger partial charge in [-0.1, -0.05) is 0 Å². The molecule has 0 saturated carbocycles. The second-order valence-electron chi connectivity index (χ2n) is 2.96. The molecule has 1 aromatic carbocycles. The summed E-state index contributed by atoms with van der Waals surface area (Å²) in [5.74, 6) is -0.412. The van der Waals surface area contributed by atoms with E-state index in [-0.39, 0.29) is 5.71 Å². The first kappa shape index (κ1) is 12.5. The summed E-state index contributed by atoms with van der Waals surface area (Å²) >= 11 is 3.31. The van der Waals surface area contributed by atoms with E-state index in [0.29, 0.717) is 11.4 Å². The molecular weight excluding hydrogens is 276 g/mol. The largest absolute Gasteiger partial charge is 0.495 e. The number of hydrogen-bond acceptors (Lipinski definition) is 4. The number of hydrogen-bond donors (Lipinski definition) is 2. The molecule has 0 amide bonds. The topological polar surface area (TPSA) is 70.9 Å². The number of carboxylic acid groups (broad SMARTS) is 1. The summed E-state index contributed by atoms with van der Waals surface area (Å²) in [6.07, 6.45) is 0. The molecule has 0 radical (unpaired) electrons. The summed E-state index contributed by atoms with van der Waals surface area (Å²) in [5, 5.41) is 12.3. The Labute approximate surface area is 101 Å². The molecule has 86 valence electrons. The quantitative estimate of drug-likeness (QED) is 0.658. The van der Waals surface area contributed by atoms with Gasteiger partial charge in [0.25, 0.3) is 0 Å². The van der Waals surface area contributed by atoms with Gasteiger partial charge in [0.15, 0.2) is 0 Å². The molecule has 0 aliphatic heterocycles. The lowest BCUT2D eigenvalue weighted by molar-refractivity contribution is -0.129. The number of hydrazone groups is 1. The molecule has 2 N–H and O–H groups in total. The third kappa shape index (κ3) is 3.23. The summed E-state index contributed by atoms with van der Waals surface area (Å²) < 4.78 is 5.91. The van der Waals surface area contributed by atoms with Crippen LogP contribution in [0.25, 0.3) is 0 Å². The van der Waals surface area contributed by atoms with Gasteiger partial charge in [-0.3, -0.25) is 5.43 Å². The van der Waals surface area contributed by atoms with Crippen LogP contribution in [0, 0.1) is 0 Å². The SMILES string of the molecule is COc1cc(N/N=C(\C)C(=O)O)ccc1Br. The third-order valence-corrected chi connectivity index (χ3v) is 2.47. The molecule has 16 heavy (non-hydrogen) atoms. The van der Waals surface area contributed by atoms with Crippen LogP contribution in [0.3, 0.4) is 0 Å². The zero-order valence-corrected chi connectivity index (χ0v) is 10.4. The maximum Gasteiger partial charge on any atom is 0.351 e. The maximum absolute atomic E-state index is 10.5. The first-order chi connectivity index (χ1) is 7.54. The summed E-state index contributed by atoms with van der Waals surface area (Å²) in [7, 11) is 1.55. The van der Waals surface area contributed by atoms with E-state index in [1.807, 2.05) is 0 Å². The van der Waals surface area contributed by atoms with Gasteiger partial charge in [-0.05, 0) is 35.0 Å². The molecule has 0 atom stereocenters. The molecule has 0 aromatic heterocycles. The predicted molar refractivity (Wildman–Crippen MR) is 65.1 cm³/mol. The van der Waals surface area contributed by atoms with Crippen LogP contribution >= 0.6 is 15.9 Å². The van der Waals surface area contributed by atoms with E-state index in [1.165, 1.54) is 6.92 Å². The number of nitrogens with zero attached hydrogens (tertiary/aromatic N) is 1. The maximum atomic E-state index is 10.5. The van der Waals surface area contributed by atoms with Crippen molar-refractivity contribution < 1.29 is 14.6 Å². The van der Waals surface area contributed by atoms with Gasteiger partial charge in [0.05, 0.1) is 17.3 Å². The first-order valence-corrected chi connectivity index (χ1v) is 5.21. The minimum atomic E-state index is -1.06. The van der Waals surface area contributed by atoms with E-state index in [2.05, 4.69) is 26.5 Å². The Morgan fingerprint density at radius 1 is 1.56 bits per heavy atom. The number of anilines is 1. The highest BCUT2D eigenvalue weighted by Crippen LogP contribution is 2.27.